The minimum absolute atomic E-state index is 0.197. The summed E-state index contributed by atoms with van der Waals surface area (Å²) in [6.07, 6.45) is 1.90. The Labute approximate surface area is 228 Å². The fourth-order valence-corrected chi connectivity index (χ4v) is 6.31. The molecule has 0 fully saturated rings. The Morgan fingerprint density at radius 3 is 2.33 bits per heavy atom. The van der Waals surface area contributed by atoms with E-state index in [-0.39, 0.29) is 5.41 Å². The summed E-state index contributed by atoms with van der Waals surface area (Å²) in [7, 11) is 0. The molecule has 3 heteroatoms. The van der Waals surface area contributed by atoms with E-state index in [1.807, 2.05) is 18.3 Å². The Morgan fingerprint density at radius 2 is 1.38 bits per heavy atom. The summed E-state index contributed by atoms with van der Waals surface area (Å²) in [5, 5.41) is 2.37. The van der Waals surface area contributed by atoms with Crippen molar-refractivity contribution in [2.75, 3.05) is 4.90 Å². The summed E-state index contributed by atoms with van der Waals surface area (Å²) in [5.74, 6) is 1.79. The zero-order valence-corrected chi connectivity index (χ0v) is 21.8. The van der Waals surface area contributed by atoms with E-state index >= 15 is 0 Å². The van der Waals surface area contributed by atoms with E-state index in [4.69, 9.17) is 9.72 Å². The van der Waals surface area contributed by atoms with Crippen LogP contribution in [0.4, 0.5) is 17.1 Å². The van der Waals surface area contributed by atoms with Crippen LogP contribution < -0.4 is 9.64 Å². The third-order valence-corrected chi connectivity index (χ3v) is 8.28. The van der Waals surface area contributed by atoms with Crippen LogP contribution in [0.25, 0.3) is 33.2 Å². The molecule has 2 aliphatic rings. The Bertz CT molecular complexity index is 1930. The average molecular weight is 503 g/mol. The first kappa shape index (κ1) is 22.1. The molecule has 1 aromatic heterocycles. The molecule has 39 heavy (non-hydrogen) atoms. The van der Waals surface area contributed by atoms with Crippen LogP contribution in [-0.2, 0) is 5.41 Å². The molecule has 0 N–H and O–H groups in total. The topological polar surface area (TPSA) is 25.4 Å². The number of rotatable bonds is 2. The Morgan fingerprint density at radius 1 is 0.615 bits per heavy atom. The van der Waals surface area contributed by atoms with Gasteiger partial charge in [-0.2, -0.15) is 0 Å². The third kappa shape index (κ3) is 3.20. The van der Waals surface area contributed by atoms with Gasteiger partial charge in [0.15, 0.2) is 11.5 Å². The molecular weight excluding hydrogens is 476 g/mol. The van der Waals surface area contributed by atoms with Crippen molar-refractivity contribution < 1.29 is 4.74 Å². The highest BCUT2D eigenvalue weighted by molar-refractivity contribution is 5.96. The second-order valence-corrected chi connectivity index (χ2v) is 10.9. The summed E-state index contributed by atoms with van der Waals surface area (Å²) in [5.41, 5.74) is 10.3. The number of para-hydroxylation sites is 3. The van der Waals surface area contributed by atoms with Crippen LogP contribution in [0.3, 0.4) is 0 Å². The highest BCUT2D eigenvalue weighted by atomic mass is 16.5. The van der Waals surface area contributed by atoms with Crippen molar-refractivity contribution in [3.8, 4) is 33.9 Å². The van der Waals surface area contributed by atoms with Gasteiger partial charge in [0, 0.05) is 22.6 Å². The number of aromatic nitrogens is 1. The fraction of sp³-hybridized carbons (Fsp3) is 0.0833. The van der Waals surface area contributed by atoms with Gasteiger partial charge in [-0.05, 0) is 70.1 Å². The molecule has 0 saturated carbocycles. The second-order valence-electron chi connectivity index (χ2n) is 10.9. The standard InChI is InChI=1S/C36H26N2O/c1-36(2)28-13-8-16-33-35(28)38(31-14-5-6-15-32(31)39-33)30-18-17-25(22-29(30)36)24-10-7-11-26(21-24)34-27-12-4-3-9-23(27)19-20-37-34/h3-22H,1-2H3. The van der Waals surface area contributed by atoms with Crippen LogP contribution >= 0.6 is 0 Å². The molecule has 0 saturated heterocycles. The highest BCUT2D eigenvalue weighted by Gasteiger charge is 2.41. The van der Waals surface area contributed by atoms with Crippen molar-refractivity contribution in [3.63, 3.8) is 0 Å². The molecule has 3 heterocycles. The molecule has 0 bridgehead atoms. The lowest BCUT2D eigenvalue weighted by atomic mass is 9.72. The lowest BCUT2D eigenvalue weighted by Gasteiger charge is -2.45. The highest BCUT2D eigenvalue weighted by Crippen LogP contribution is 2.59. The van der Waals surface area contributed by atoms with Crippen LogP contribution in [0.5, 0.6) is 11.5 Å². The molecule has 2 aliphatic heterocycles. The van der Waals surface area contributed by atoms with Crippen LogP contribution in [-0.4, -0.2) is 4.98 Å². The van der Waals surface area contributed by atoms with E-state index in [1.54, 1.807) is 0 Å². The first-order valence-electron chi connectivity index (χ1n) is 13.4. The molecule has 5 aromatic carbocycles. The van der Waals surface area contributed by atoms with Crippen molar-refractivity contribution in [3.05, 3.63) is 133 Å². The molecule has 6 aromatic rings. The second kappa shape index (κ2) is 8.05. The van der Waals surface area contributed by atoms with Crippen molar-refractivity contribution in [2.24, 2.45) is 0 Å². The summed E-state index contributed by atoms with van der Waals surface area (Å²) in [6.45, 7) is 4.64. The first-order chi connectivity index (χ1) is 19.1. The van der Waals surface area contributed by atoms with Gasteiger partial charge in [-0.1, -0.05) is 86.6 Å². The fourth-order valence-electron chi connectivity index (χ4n) is 6.31. The molecule has 0 radical (unpaired) electrons. The average Bonchev–Trinajstić information content (AvgIpc) is 2.98. The van der Waals surface area contributed by atoms with E-state index in [0.29, 0.717) is 0 Å². The minimum atomic E-state index is -0.197. The van der Waals surface area contributed by atoms with Crippen molar-refractivity contribution in [1.82, 2.24) is 4.98 Å². The third-order valence-electron chi connectivity index (χ3n) is 8.28. The number of hydrogen-bond acceptors (Lipinski definition) is 3. The van der Waals surface area contributed by atoms with Gasteiger partial charge >= 0.3 is 0 Å². The number of pyridine rings is 1. The summed E-state index contributed by atoms with van der Waals surface area (Å²) in [4.78, 5) is 7.15. The monoisotopic (exact) mass is 502 g/mol. The normalized spacial score (nSPS) is 14.3. The maximum Gasteiger partial charge on any atom is 0.151 e. The number of benzene rings is 5. The Hall–Kier alpha value is -4.89. The number of hydrogen-bond donors (Lipinski definition) is 0. The van der Waals surface area contributed by atoms with Gasteiger partial charge in [-0.25, -0.2) is 0 Å². The lowest BCUT2D eigenvalue weighted by molar-refractivity contribution is 0.471. The molecule has 0 atom stereocenters. The maximum atomic E-state index is 6.36. The van der Waals surface area contributed by atoms with E-state index in [0.717, 1.165) is 34.1 Å². The molecule has 0 aliphatic carbocycles. The maximum absolute atomic E-state index is 6.36. The SMILES string of the molecule is CC1(C)c2cc(-c3cccc(-c4nccc5ccccc45)c3)ccc2N2c3ccccc3Oc3cccc1c32. The van der Waals surface area contributed by atoms with Crippen LogP contribution in [0, 0.1) is 0 Å². The van der Waals surface area contributed by atoms with Gasteiger partial charge in [-0.3, -0.25) is 4.98 Å². The minimum Gasteiger partial charge on any atom is -0.453 e. The van der Waals surface area contributed by atoms with E-state index in [1.165, 1.54) is 38.7 Å². The van der Waals surface area contributed by atoms with E-state index in [2.05, 4.69) is 122 Å². The van der Waals surface area contributed by atoms with Gasteiger partial charge in [-0.15, -0.1) is 0 Å². The molecule has 186 valence electrons. The smallest absolute Gasteiger partial charge is 0.151 e. The molecule has 3 nitrogen and oxygen atoms in total. The Balaban J connectivity index is 1.30. The number of nitrogens with zero attached hydrogens (tertiary/aromatic N) is 2. The van der Waals surface area contributed by atoms with Crippen molar-refractivity contribution in [2.45, 2.75) is 19.3 Å². The molecule has 8 rings (SSSR count). The van der Waals surface area contributed by atoms with Gasteiger partial charge in [0.25, 0.3) is 0 Å². The predicted molar refractivity (Wildman–Crippen MR) is 159 cm³/mol. The lowest BCUT2D eigenvalue weighted by Crippen LogP contribution is -2.32. The summed E-state index contributed by atoms with van der Waals surface area (Å²) < 4.78 is 6.36. The number of anilines is 3. The zero-order valence-electron chi connectivity index (χ0n) is 21.8. The van der Waals surface area contributed by atoms with Crippen LogP contribution in [0.2, 0.25) is 0 Å². The van der Waals surface area contributed by atoms with Gasteiger partial charge < -0.3 is 9.64 Å². The number of ether oxygens (including phenoxy) is 1. The molecule has 0 spiro atoms. The zero-order chi connectivity index (χ0) is 26.1. The first-order valence-corrected chi connectivity index (χ1v) is 13.4. The predicted octanol–water partition coefficient (Wildman–Crippen LogP) is 9.78. The van der Waals surface area contributed by atoms with Gasteiger partial charge in [0.05, 0.1) is 22.8 Å². The van der Waals surface area contributed by atoms with Gasteiger partial charge in [0.2, 0.25) is 0 Å². The molecular formula is C36H26N2O. The van der Waals surface area contributed by atoms with E-state index < -0.39 is 0 Å². The molecule has 0 unspecified atom stereocenters. The van der Waals surface area contributed by atoms with E-state index in [9.17, 15) is 0 Å². The van der Waals surface area contributed by atoms with Crippen molar-refractivity contribution >= 4 is 27.8 Å². The largest absolute Gasteiger partial charge is 0.453 e. The van der Waals surface area contributed by atoms with Crippen LogP contribution in [0.1, 0.15) is 25.0 Å². The quantitative estimate of drug-likeness (QED) is 0.235. The van der Waals surface area contributed by atoms with Crippen molar-refractivity contribution in [1.29, 1.82) is 0 Å². The number of fused-ring (bicyclic) bond motifs is 5. The Kier molecular flexibility index (Phi) is 4.57. The van der Waals surface area contributed by atoms with Crippen LogP contribution in [0.15, 0.2) is 121 Å². The molecule has 0 amide bonds. The van der Waals surface area contributed by atoms with Gasteiger partial charge in [0.1, 0.15) is 0 Å². The summed E-state index contributed by atoms with van der Waals surface area (Å²) in [6, 6.07) is 40.9. The summed E-state index contributed by atoms with van der Waals surface area (Å²) >= 11 is 0.